The summed E-state index contributed by atoms with van der Waals surface area (Å²) < 4.78 is 12.1. The molecule has 212 valence electrons. The third kappa shape index (κ3) is 5.74. The van der Waals surface area contributed by atoms with E-state index in [9.17, 15) is 20.2 Å². The highest BCUT2D eigenvalue weighted by Gasteiger charge is 2.39. The highest BCUT2D eigenvalue weighted by Crippen LogP contribution is 2.29. The van der Waals surface area contributed by atoms with Crippen molar-refractivity contribution in [2.75, 3.05) is 20.1 Å². The summed E-state index contributed by atoms with van der Waals surface area (Å²) in [5.41, 5.74) is 6.51. The number of nitrogens with zero attached hydrogens (tertiary/aromatic N) is 6. The number of nitro groups is 1. The number of carbonyl (C=O) groups excluding carboxylic acids is 1. The second-order valence-corrected chi connectivity index (χ2v) is 9.44. The van der Waals surface area contributed by atoms with E-state index in [4.69, 9.17) is 21.1 Å². The van der Waals surface area contributed by atoms with Crippen LogP contribution in [0.3, 0.4) is 0 Å². The first-order valence-electron chi connectivity index (χ1n) is 12.8. The Kier molecular flexibility index (Phi) is 7.80. The molecule has 0 bridgehead atoms. The molecule has 3 aromatic carbocycles. The molecule has 1 unspecified atom stereocenters. The van der Waals surface area contributed by atoms with Gasteiger partial charge in [-0.1, -0.05) is 42.5 Å². The molecule has 13 nitrogen and oxygen atoms in total. The van der Waals surface area contributed by atoms with Gasteiger partial charge in [-0.25, -0.2) is 15.8 Å². The second kappa shape index (κ2) is 11.8. The smallest absolute Gasteiger partial charge is 0.352 e. The van der Waals surface area contributed by atoms with Crippen LogP contribution in [0.2, 0.25) is 0 Å². The van der Waals surface area contributed by atoms with Crippen molar-refractivity contribution in [2.45, 2.75) is 12.8 Å². The van der Waals surface area contributed by atoms with Crippen molar-refractivity contribution in [2.24, 2.45) is 21.6 Å². The zero-order valence-electron chi connectivity index (χ0n) is 22.5. The van der Waals surface area contributed by atoms with Crippen molar-refractivity contribution in [1.82, 2.24) is 9.91 Å². The van der Waals surface area contributed by atoms with Crippen molar-refractivity contribution in [1.29, 1.82) is 5.26 Å². The van der Waals surface area contributed by atoms with E-state index in [1.807, 2.05) is 54.4 Å². The lowest BCUT2D eigenvalue weighted by Crippen LogP contribution is -2.49. The van der Waals surface area contributed by atoms with Crippen LogP contribution in [0.25, 0.3) is 0 Å². The lowest BCUT2D eigenvalue weighted by atomic mass is 10.1. The van der Waals surface area contributed by atoms with Crippen molar-refractivity contribution in [3.05, 3.63) is 117 Å². The van der Waals surface area contributed by atoms with Crippen LogP contribution in [0.1, 0.15) is 27.0 Å². The van der Waals surface area contributed by atoms with E-state index in [0.29, 0.717) is 12.3 Å². The van der Waals surface area contributed by atoms with E-state index in [1.165, 1.54) is 18.2 Å². The molecular formula is C29H26N8O5. The molecule has 2 aliphatic heterocycles. The number of primary amides is 1. The number of hydrazine groups is 1. The summed E-state index contributed by atoms with van der Waals surface area (Å²) in [7, 11) is 1.95. The van der Waals surface area contributed by atoms with Crippen LogP contribution in [0.4, 0.5) is 0 Å². The first-order chi connectivity index (χ1) is 20.2. The molecule has 5 rings (SSSR count). The van der Waals surface area contributed by atoms with Gasteiger partial charge in [0.05, 0.1) is 28.7 Å². The van der Waals surface area contributed by atoms with Crippen molar-refractivity contribution in [3.8, 4) is 17.6 Å². The molecule has 0 aliphatic carbocycles. The lowest BCUT2D eigenvalue weighted by molar-refractivity contribution is -0.420. The maximum absolute atomic E-state index is 12.4. The molecule has 0 saturated carbocycles. The molecule has 42 heavy (non-hydrogen) atoms. The summed E-state index contributed by atoms with van der Waals surface area (Å²) in [5.74, 6) is 6.35. The second-order valence-electron chi connectivity index (χ2n) is 9.44. The Morgan fingerprint density at radius 2 is 1.93 bits per heavy atom. The van der Waals surface area contributed by atoms with Gasteiger partial charge in [0, 0.05) is 25.6 Å². The zero-order chi connectivity index (χ0) is 29.8. The normalized spacial score (nSPS) is 16.5. The third-order valence-corrected chi connectivity index (χ3v) is 6.60. The molecule has 2 heterocycles. The topological polar surface area (TPSA) is 186 Å². The number of likely N-dealkylation sites (N-methyl/N-ethyl adjacent to an activating group) is 1. The van der Waals surface area contributed by atoms with Crippen LogP contribution in [0.5, 0.6) is 11.5 Å². The Morgan fingerprint density at radius 3 is 2.60 bits per heavy atom. The van der Waals surface area contributed by atoms with Gasteiger partial charge in [-0.2, -0.15) is 5.26 Å². The Labute approximate surface area is 240 Å². The predicted molar refractivity (Wildman–Crippen MR) is 153 cm³/mol. The Hall–Kier alpha value is -5.74. The van der Waals surface area contributed by atoms with E-state index in [0.717, 1.165) is 28.5 Å². The maximum Gasteiger partial charge on any atom is 0.352 e. The molecule has 0 fully saturated rings. The van der Waals surface area contributed by atoms with Crippen LogP contribution in [0, 0.1) is 21.4 Å². The fourth-order valence-electron chi connectivity index (χ4n) is 4.56. The van der Waals surface area contributed by atoms with Gasteiger partial charge in [-0.3, -0.25) is 19.9 Å². The van der Waals surface area contributed by atoms with Gasteiger partial charge in [0.15, 0.2) is 0 Å². The van der Waals surface area contributed by atoms with Gasteiger partial charge in [0.1, 0.15) is 23.0 Å². The van der Waals surface area contributed by atoms with Crippen LogP contribution >= 0.6 is 0 Å². The number of benzene rings is 3. The molecule has 4 N–H and O–H groups in total. The number of aliphatic imine (C=N–C) groups is 2. The summed E-state index contributed by atoms with van der Waals surface area (Å²) in [4.78, 5) is 34.8. The SMILES string of the molecule is CN1CCN=C1c1cccc(OC2N=C(Cc3ccccc3)C([N+](=O)[O-])=C(Oc3ccc(C#N)c(C(N)=O)c3)N2N)c1. The number of nitrogens with two attached hydrogens (primary N) is 2. The third-order valence-electron chi connectivity index (χ3n) is 6.60. The minimum atomic E-state index is -1.25. The number of ether oxygens (including phenoxy) is 2. The quantitative estimate of drug-likeness (QED) is 0.223. The first kappa shape index (κ1) is 27.8. The number of allylic oxidation sites excluding steroid dienone is 1. The van der Waals surface area contributed by atoms with Crippen LogP contribution in [-0.4, -0.2) is 58.8 Å². The molecule has 1 amide bonds. The summed E-state index contributed by atoms with van der Waals surface area (Å²) in [5, 5.41) is 22.6. The summed E-state index contributed by atoms with van der Waals surface area (Å²) in [6.45, 7) is 1.49. The predicted octanol–water partition coefficient (Wildman–Crippen LogP) is 2.41. The average molecular weight is 567 g/mol. The number of amides is 1. The van der Waals surface area contributed by atoms with Gasteiger partial charge in [0.2, 0.25) is 5.91 Å². The van der Waals surface area contributed by atoms with Gasteiger partial charge >= 0.3 is 5.70 Å². The molecule has 3 aromatic rings. The van der Waals surface area contributed by atoms with Crippen molar-refractivity contribution >= 4 is 17.5 Å². The molecule has 0 radical (unpaired) electrons. The Bertz CT molecular complexity index is 1680. The molecule has 13 heteroatoms. The first-order valence-corrected chi connectivity index (χ1v) is 12.8. The van der Waals surface area contributed by atoms with Gasteiger partial charge in [-0.05, 0) is 35.9 Å². The molecule has 0 saturated heterocycles. The number of hydrogen-bond donors (Lipinski definition) is 2. The lowest BCUT2D eigenvalue weighted by Gasteiger charge is -2.31. The van der Waals surface area contributed by atoms with Crippen molar-refractivity contribution in [3.63, 3.8) is 0 Å². The van der Waals surface area contributed by atoms with E-state index >= 15 is 0 Å². The Morgan fingerprint density at radius 1 is 1.14 bits per heavy atom. The highest BCUT2D eigenvalue weighted by molar-refractivity contribution is 6.01. The van der Waals surface area contributed by atoms with Crippen LogP contribution < -0.4 is 21.1 Å². The minimum Gasteiger partial charge on any atom is -0.449 e. The average Bonchev–Trinajstić information content (AvgIpc) is 3.41. The number of amidine groups is 1. The molecular weight excluding hydrogens is 540 g/mol. The van der Waals surface area contributed by atoms with E-state index in [2.05, 4.69) is 9.98 Å². The standard InChI is InChI=1S/C29H26N8O5/c1-35-13-12-33-27(35)19-8-5-9-21(15-19)42-29-34-24(14-18-6-3-2-4-7-18)25(37(39)40)28(36(29)32)41-22-11-10-20(17-30)23(16-22)26(31)38/h2-11,15-16,29H,12-14,32H2,1H3,(H2,31,38). The van der Waals surface area contributed by atoms with Gasteiger partial charge in [0.25, 0.3) is 12.2 Å². The monoisotopic (exact) mass is 566 g/mol. The largest absolute Gasteiger partial charge is 0.449 e. The fourth-order valence-corrected chi connectivity index (χ4v) is 4.56. The molecule has 0 spiro atoms. The van der Waals surface area contributed by atoms with E-state index < -0.39 is 22.9 Å². The fraction of sp³-hybridized carbons (Fsp3) is 0.172. The Balaban J connectivity index is 1.55. The van der Waals surface area contributed by atoms with Gasteiger partial charge < -0.3 is 20.1 Å². The summed E-state index contributed by atoms with van der Waals surface area (Å²) in [6.07, 6.45) is -1.17. The molecule has 0 aromatic heterocycles. The highest BCUT2D eigenvalue weighted by atomic mass is 16.6. The minimum absolute atomic E-state index is 0.00316. The van der Waals surface area contributed by atoms with Gasteiger partial charge in [-0.15, -0.1) is 0 Å². The van der Waals surface area contributed by atoms with Crippen LogP contribution in [0.15, 0.2) is 94.4 Å². The molecule has 1 atom stereocenters. The number of carbonyl (C=O) groups is 1. The zero-order valence-corrected chi connectivity index (χ0v) is 22.5. The number of nitriles is 1. The number of hydrogen-bond acceptors (Lipinski definition) is 11. The maximum atomic E-state index is 12.4. The van der Waals surface area contributed by atoms with E-state index in [1.54, 1.807) is 18.2 Å². The summed E-state index contributed by atoms with van der Waals surface area (Å²) >= 11 is 0. The number of rotatable bonds is 9. The molecule has 2 aliphatic rings. The van der Waals surface area contributed by atoms with Crippen LogP contribution in [-0.2, 0) is 6.42 Å². The summed E-state index contributed by atoms with van der Waals surface area (Å²) in [6, 6.07) is 22.1. The van der Waals surface area contributed by atoms with E-state index in [-0.39, 0.29) is 34.9 Å². The van der Waals surface area contributed by atoms with Crippen molar-refractivity contribution < 1.29 is 19.2 Å².